The zero-order valence-corrected chi connectivity index (χ0v) is 13.4. The van der Waals surface area contributed by atoms with Crippen molar-refractivity contribution in [3.63, 3.8) is 0 Å². The Balaban J connectivity index is 2.21. The van der Waals surface area contributed by atoms with Crippen LogP contribution in [0.1, 0.15) is 33.6 Å². The average Bonchev–Trinajstić information content (AvgIpc) is 2.87. The molecule has 3 N–H and O–H groups in total. The molecule has 0 aliphatic rings. The van der Waals surface area contributed by atoms with Crippen LogP contribution in [0.25, 0.3) is 0 Å². The summed E-state index contributed by atoms with van der Waals surface area (Å²) in [5.41, 5.74) is 8.35. The number of nitrogens with one attached hydrogen (secondary N) is 1. The average molecular weight is 307 g/mol. The summed E-state index contributed by atoms with van der Waals surface area (Å²) < 4.78 is 0. The van der Waals surface area contributed by atoms with E-state index in [9.17, 15) is 0 Å². The maximum atomic E-state index is 5.79. The van der Waals surface area contributed by atoms with Gasteiger partial charge in [-0.15, -0.1) is 16.4 Å². The second-order valence-corrected chi connectivity index (χ2v) is 6.07. The second kappa shape index (κ2) is 6.23. The minimum Gasteiger partial charge on any atom is -0.389 e. The zero-order valence-electron chi connectivity index (χ0n) is 11.7. The lowest BCUT2D eigenvalue weighted by Gasteiger charge is -2.12. The molecule has 0 saturated heterocycles. The van der Waals surface area contributed by atoms with E-state index in [4.69, 9.17) is 18.0 Å². The summed E-state index contributed by atoms with van der Waals surface area (Å²) in [5.74, 6) is 0.619. The number of nitrogens with zero attached hydrogens (tertiary/aromatic N) is 3. The Morgan fingerprint density at radius 3 is 2.75 bits per heavy atom. The summed E-state index contributed by atoms with van der Waals surface area (Å²) in [7, 11) is 0. The Morgan fingerprint density at radius 2 is 2.15 bits per heavy atom. The highest BCUT2D eigenvalue weighted by Gasteiger charge is 2.13. The third kappa shape index (κ3) is 3.10. The van der Waals surface area contributed by atoms with Crippen molar-refractivity contribution in [2.45, 2.75) is 33.7 Å². The van der Waals surface area contributed by atoms with E-state index >= 15 is 0 Å². The highest BCUT2D eigenvalue weighted by atomic mass is 32.1. The molecule has 2 aromatic heterocycles. The van der Waals surface area contributed by atoms with Crippen molar-refractivity contribution in [2.75, 3.05) is 5.32 Å². The lowest BCUT2D eigenvalue weighted by Crippen LogP contribution is -2.18. The fraction of sp³-hybridized carbons (Fsp3) is 0.385. The van der Waals surface area contributed by atoms with E-state index < -0.39 is 0 Å². The first-order valence-corrected chi connectivity index (χ1v) is 7.56. The number of hydrogen-bond acceptors (Lipinski definition) is 6. The number of aromatic nitrogens is 3. The maximum absolute atomic E-state index is 5.79. The van der Waals surface area contributed by atoms with Crippen LogP contribution in [0.15, 0.2) is 6.20 Å². The second-order valence-electron chi connectivity index (χ2n) is 4.43. The lowest BCUT2D eigenvalue weighted by molar-refractivity contribution is 0.940. The largest absolute Gasteiger partial charge is 0.389 e. The van der Waals surface area contributed by atoms with Gasteiger partial charge in [-0.05, 0) is 25.8 Å². The molecule has 0 spiro atoms. The Hall–Kier alpha value is -1.60. The van der Waals surface area contributed by atoms with Crippen LogP contribution in [-0.4, -0.2) is 20.2 Å². The van der Waals surface area contributed by atoms with Crippen LogP contribution >= 0.6 is 23.6 Å². The number of rotatable bonds is 5. The molecule has 0 radical (unpaired) electrons. The van der Waals surface area contributed by atoms with Crippen LogP contribution in [-0.2, 0) is 13.0 Å². The molecule has 0 aromatic carbocycles. The van der Waals surface area contributed by atoms with Crippen LogP contribution in [0.4, 0.5) is 5.82 Å². The molecule has 0 saturated carbocycles. The fourth-order valence-electron chi connectivity index (χ4n) is 1.79. The molecule has 0 aliphatic carbocycles. The van der Waals surface area contributed by atoms with Crippen LogP contribution < -0.4 is 11.1 Å². The molecule has 2 heterocycles. The number of anilines is 1. The number of hydrogen-bond donors (Lipinski definition) is 2. The summed E-state index contributed by atoms with van der Waals surface area (Å²) in [6.45, 7) is 6.55. The summed E-state index contributed by atoms with van der Waals surface area (Å²) in [4.78, 5) is 5.96. The molecule has 5 nitrogen and oxygen atoms in total. The monoisotopic (exact) mass is 307 g/mol. The van der Waals surface area contributed by atoms with Gasteiger partial charge in [0.25, 0.3) is 0 Å². The molecule has 0 fully saturated rings. The summed E-state index contributed by atoms with van der Waals surface area (Å²) in [6, 6.07) is 0. The number of thiazole rings is 1. The Labute approximate surface area is 127 Å². The van der Waals surface area contributed by atoms with E-state index in [1.54, 1.807) is 11.3 Å². The minimum absolute atomic E-state index is 0.330. The van der Waals surface area contributed by atoms with E-state index in [2.05, 4.69) is 27.4 Å². The van der Waals surface area contributed by atoms with Crippen molar-refractivity contribution in [2.24, 2.45) is 5.73 Å². The normalized spacial score (nSPS) is 10.6. The van der Waals surface area contributed by atoms with Gasteiger partial charge in [-0.2, -0.15) is 5.10 Å². The molecule has 2 rings (SSSR count). The van der Waals surface area contributed by atoms with Crippen LogP contribution in [0.3, 0.4) is 0 Å². The first kappa shape index (κ1) is 14.8. The van der Waals surface area contributed by atoms with Gasteiger partial charge in [0.05, 0.1) is 17.8 Å². The van der Waals surface area contributed by atoms with E-state index in [1.807, 2.05) is 20.0 Å². The Kier molecular flexibility index (Phi) is 4.61. The van der Waals surface area contributed by atoms with Gasteiger partial charge in [0.1, 0.15) is 10.00 Å². The minimum atomic E-state index is 0.330. The van der Waals surface area contributed by atoms with Gasteiger partial charge >= 0.3 is 0 Å². The number of nitrogens with two attached hydrogens (primary N) is 1. The van der Waals surface area contributed by atoms with Crippen molar-refractivity contribution in [1.29, 1.82) is 0 Å². The molecule has 7 heteroatoms. The first-order valence-electron chi connectivity index (χ1n) is 6.34. The number of aryl methyl sites for hydroxylation is 2. The topological polar surface area (TPSA) is 76.7 Å². The van der Waals surface area contributed by atoms with Gasteiger partial charge in [0, 0.05) is 11.1 Å². The summed E-state index contributed by atoms with van der Waals surface area (Å²) in [6.07, 6.45) is 2.90. The third-order valence-electron chi connectivity index (χ3n) is 3.06. The highest BCUT2D eigenvalue weighted by Crippen LogP contribution is 2.20. The van der Waals surface area contributed by atoms with Gasteiger partial charge in [-0.3, -0.25) is 0 Å². The Morgan fingerprint density at radius 1 is 1.40 bits per heavy atom. The molecule has 106 valence electrons. The van der Waals surface area contributed by atoms with Gasteiger partial charge in [-0.25, -0.2) is 4.98 Å². The van der Waals surface area contributed by atoms with Crippen LogP contribution in [0, 0.1) is 13.8 Å². The molecule has 0 amide bonds. The molecule has 0 unspecified atom stereocenters. The van der Waals surface area contributed by atoms with Crippen molar-refractivity contribution in [3.8, 4) is 0 Å². The van der Waals surface area contributed by atoms with Crippen molar-refractivity contribution < 1.29 is 0 Å². The predicted octanol–water partition coefficient (Wildman–Crippen LogP) is 2.36. The van der Waals surface area contributed by atoms with Crippen LogP contribution in [0.5, 0.6) is 0 Å². The van der Waals surface area contributed by atoms with Gasteiger partial charge < -0.3 is 11.1 Å². The zero-order chi connectivity index (χ0) is 14.7. The third-order valence-corrected chi connectivity index (χ3v) is 4.40. The quantitative estimate of drug-likeness (QED) is 0.826. The van der Waals surface area contributed by atoms with E-state index in [0.29, 0.717) is 17.4 Å². The van der Waals surface area contributed by atoms with Crippen molar-refractivity contribution in [1.82, 2.24) is 15.2 Å². The lowest BCUT2D eigenvalue weighted by atomic mass is 10.1. The highest BCUT2D eigenvalue weighted by molar-refractivity contribution is 7.80. The van der Waals surface area contributed by atoms with Crippen LogP contribution in [0.2, 0.25) is 0 Å². The van der Waals surface area contributed by atoms with Gasteiger partial charge in [0.15, 0.2) is 5.82 Å². The smallest absolute Gasteiger partial charge is 0.159 e. The summed E-state index contributed by atoms with van der Waals surface area (Å²) >= 11 is 6.80. The number of thiocarbonyl (C=S) groups is 1. The van der Waals surface area contributed by atoms with E-state index in [-0.39, 0.29) is 0 Å². The molecular formula is C13H17N5S2. The maximum Gasteiger partial charge on any atom is 0.159 e. The molecule has 0 atom stereocenters. The molecule has 0 aliphatic heterocycles. The fourth-order valence-corrected chi connectivity index (χ4v) is 2.84. The van der Waals surface area contributed by atoms with Gasteiger partial charge in [0.2, 0.25) is 0 Å². The molecular weight excluding hydrogens is 290 g/mol. The standard InChI is InChI=1S/C13H17N5S2/c1-4-9-5-15-10(20-9)6-16-13-11(12(14)19)7(2)8(3)17-18-13/h5H,4,6H2,1-3H3,(H2,14,19)(H,16,18). The van der Waals surface area contributed by atoms with Gasteiger partial charge in [-0.1, -0.05) is 19.1 Å². The Bertz CT molecular complexity index is 636. The first-order chi connectivity index (χ1) is 9.52. The molecule has 2 aromatic rings. The summed E-state index contributed by atoms with van der Waals surface area (Å²) in [5, 5.41) is 12.5. The predicted molar refractivity (Wildman–Crippen MR) is 86.2 cm³/mol. The SMILES string of the molecule is CCc1cnc(CNc2nnc(C)c(C)c2C(N)=S)s1. The van der Waals surface area contributed by atoms with Crippen molar-refractivity contribution >= 4 is 34.4 Å². The van der Waals surface area contributed by atoms with E-state index in [0.717, 1.165) is 28.2 Å². The molecule has 0 bridgehead atoms. The van der Waals surface area contributed by atoms with E-state index in [1.165, 1.54) is 4.88 Å². The van der Waals surface area contributed by atoms with Crippen molar-refractivity contribution in [3.05, 3.63) is 32.9 Å². The molecule has 20 heavy (non-hydrogen) atoms.